The molecule has 21 heavy (non-hydrogen) atoms. The second kappa shape index (κ2) is 5.54. The summed E-state index contributed by atoms with van der Waals surface area (Å²) >= 11 is 1.25. The van der Waals surface area contributed by atoms with E-state index in [1.807, 2.05) is 0 Å². The molecule has 0 saturated heterocycles. The Morgan fingerprint density at radius 1 is 1.24 bits per heavy atom. The number of halogens is 2. The largest absolute Gasteiger partial charge is 0.390 e. The second-order valence-electron chi connectivity index (χ2n) is 4.82. The van der Waals surface area contributed by atoms with E-state index in [4.69, 9.17) is 10.5 Å². The molecule has 1 aliphatic heterocycles. The summed E-state index contributed by atoms with van der Waals surface area (Å²) in [7, 11) is 0. The van der Waals surface area contributed by atoms with Gasteiger partial charge < -0.3 is 10.5 Å². The van der Waals surface area contributed by atoms with Gasteiger partial charge in [-0.3, -0.25) is 4.79 Å². The van der Waals surface area contributed by atoms with Gasteiger partial charge in [-0.2, -0.15) is 0 Å². The summed E-state index contributed by atoms with van der Waals surface area (Å²) in [4.78, 5) is 13.4. The molecule has 0 fully saturated rings. The maximum atomic E-state index is 13.8. The Morgan fingerprint density at radius 2 is 1.95 bits per heavy atom. The third-order valence-corrected chi connectivity index (χ3v) is 4.52. The predicted molar refractivity (Wildman–Crippen MR) is 76.5 cm³/mol. The Kier molecular flexibility index (Phi) is 3.73. The van der Waals surface area contributed by atoms with Crippen LogP contribution in [0.4, 0.5) is 13.8 Å². The first-order chi connectivity index (χ1) is 10.1. The first-order valence-electron chi connectivity index (χ1n) is 6.56. The molecule has 1 aliphatic rings. The molecule has 0 atom stereocenters. The van der Waals surface area contributed by atoms with Crippen molar-refractivity contribution in [2.45, 2.75) is 19.4 Å². The molecular formula is C15H13F2NO2S. The van der Waals surface area contributed by atoms with Gasteiger partial charge in [0, 0.05) is 11.5 Å². The van der Waals surface area contributed by atoms with Crippen molar-refractivity contribution in [1.29, 1.82) is 0 Å². The van der Waals surface area contributed by atoms with Crippen molar-refractivity contribution in [1.82, 2.24) is 0 Å². The number of anilines is 1. The summed E-state index contributed by atoms with van der Waals surface area (Å²) in [5.74, 6) is -2.43. The molecule has 3 rings (SSSR count). The lowest BCUT2D eigenvalue weighted by molar-refractivity contribution is 0.103. The Bertz CT molecular complexity index is 692. The summed E-state index contributed by atoms with van der Waals surface area (Å²) in [5.41, 5.74) is 6.35. The molecule has 6 heteroatoms. The molecular weight excluding hydrogens is 296 g/mol. The molecule has 1 aromatic heterocycles. The Hall–Kier alpha value is -1.79. The van der Waals surface area contributed by atoms with Gasteiger partial charge in [0.1, 0.15) is 11.6 Å². The summed E-state index contributed by atoms with van der Waals surface area (Å²) in [6.07, 6.45) is 1.38. The number of hydrogen-bond donors (Lipinski definition) is 1. The molecule has 2 aromatic rings. The first kappa shape index (κ1) is 14.2. The quantitative estimate of drug-likeness (QED) is 0.866. The number of thiophene rings is 1. The third-order valence-electron chi connectivity index (χ3n) is 3.48. The average Bonchev–Trinajstić information content (AvgIpc) is 2.59. The normalized spacial score (nSPS) is 14.6. The van der Waals surface area contributed by atoms with Crippen molar-refractivity contribution in [2.24, 2.45) is 0 Å². The molecule has 110 valence electrons. The van der Waals surface area contributed by atoms with E-state index in [2.05, 4.69) is 0 Å². The Labute approximate surface area is 124 Å². The molecule has 3 nitrogen and oxygen atoms in total. The standard InChI is InChI=1S/C15H13F2NO2S/c16-9-4-1-5-10(17)13(9)14(19)12-8-3-2-6-20-7-11(8)21-15(12)18/h1,4-5H,2-3,6-7,18H2. The number of fused-ring (bicyclic) bond motifs is 1. The van der Waals surface area contributed by atoms with Gasteiger partial charge >= 0.3 is 0 Å². The molecule has 1 aromatic carbocycles. The lowest BCUT2D eigenvalue weighted by Crippen LogP contribution is -2.11. The van der Waals surface area contributed by atoms with Crippen molar-refractivity contribution in [3.8, 4) is 0 Å². The van der Waals surface area contributed by atoms with E-state index in [1.165, 1.54) is 17.4 Å². The zero-order valence-electron chi connectivity index (χ0n) is 11.1. The van der Waals surface area contributed by atoms with E-state index < -0.39 is 23.0 Å². The topological polar surface area (TPSA) is 52.3 Å². The summed E-state index contributed by atoms with van der Waals surface area (Å²) in [5, 5.41) is 0.290. The number of rotatable bonds is 2. The molecule has 0 bridgehead atoms. The summed E-state index contributed by atoms with van der Waals surface area (Å²) in [6.45, 7) is 0.986. The molecule has 0 spiro atoms. The van der Waals surface area contributed by atoms with Crippen LogP contribution in [0.3, 0.4) is 0 Å². The molecule has 0 unspecified atom stereocenters. The second-order valence-corrected chi connectivity index (χ2v) is 5.96. The van der Waals surface area contributed by atoms with Crippen LogP contribution in [0.2, 0.25) is 0 Å². The van der Waals surface area contributed by atoms with Crippen molar-refractivity contribution in [2.75, 3.05) is 12.3 Å². The summed E-state index contributed by atoms with van der Waals surface area (Å²) < 4.78 is 33.0. The van der Waals surface area contributed by atoms with Crippen LogP contribution >= 0.6 is 11.3 Å². The highest BCUT2D eigenvalue weighted by Crippen LogP contribution is 2.36. The molecule has 2 heterocycles. The summed E-state index contributed by atoms with van der Waals surface area (Å²) in [6, 6.07) is 3.37. The van der Waals surface area contributed by atoms with Crippen molar-refractivity contribution < 1.29 is 18.3 Å². The highest BCUT2D eigenvalue weighted by molar-refractivity contribution is 7.16. The van der Waals surface area contributed by atoms with Gasteiger partial charge in [-0.25, -0.2) is 8.78 Å². The van der Waals surface area contributed by atoms with E-state index in [0.29, 0.717) is 19.6 Å². The number of nitrogen functional groups attached to an aromatic ring is 1. The van der Waals surface area contributed by atoms with Gasteiger partial charge in [0.2, 0.25) is 5.78 Å². The minimum atomic E-state index is -0.871. The fraction of sp³-hybridized carbons (Fsp3) is 0.267. The number of ether oxygens (including phenoxy) is 1. The molecule has 0 saturated carbocycles. The van der Waals surface area contributed by atoms with Crippen LogP contribution in [0.15, 0.2) is 18.2 Å². The van der Waals surface area contributed by atoms with Gasteiger partial charge in [0.15, 0.2) is 0 Å². The molecule has 0 radical (unpaired) electrons. The van der Waals surface area contributed by atoms with Gasteiger partial charge in [-0.1, -0.05) is 6.07 Å². The lowest BCUT2D eigenvalue weighted by Gasteiger charge is -2.07. The van der Waals surface area contributed by atoms with E-state index in [1.54, 1.807) is 0 Å². The predicted octanol–water partition coefficient (Wildman–Crippen LogP) is 3.30. The van der Waals surface area contributed by atoms with Crippen molar-refractivity contribution in [3.63, 3.8) is 0 Å². The average molecular weight is 309 g/mol. The van der Waals surface area contributed by atoms with E-state index in [0.717, 1.165) is 29.0 Å². The van der Waals surface area contributed by atoms with Crippen LogP contribution in [0.1, 0.15) is 32.8 Å². The van der Waals surface area contributed by atoms with Gasteiger partial charge in [0.05, 0.1) is 22.7 Å². The molecule has 0 amide bonds. The maximum Gasteiger partial charge on any atom is 0.202 e. The fourth-order valence-corrected chi connectivity index (χ4v) is 3.57. The van der Waals surface area contributed by atoms with E-state index >= 15 is 0 Å². The van der Waals surface area contributed by atoms with E-state index in [9.17, 15) is 13.6 Å². The number of carbonyl (C=O) groups excluding carboxylic acids is 1. The maximum absolute atomic E-state index is 13.8. The number of ketones is 1. The lowest BCUT2D eigenvalue weighted by atomic mass is 9.97. The Morgan fingerprint density at radius 3 is 2.67 bits per heavy atom. The monoisotopic (exact) mass is 309 g/mol. The molecule has 0 aliphatic carbocycles. The van der Waals surface area contributed by atoms with Gasteiger partial charge in [0.25, 0.3) is 0 Å². The fourth-order valence-electron chi connectivity index (χ4n) is 2.52. The zero-order chi connectivity index (χ0) is 15.0. The van der Waals surface area contributed by atoms with Gasteiger partial charge in [-0.15, -0.1) is 11.3 Å². The van der Waals surface area contributed by atoms with Crippen LogP contribution in [-0.2, 0) is 17.8 Å². The highest BCUT2D eigenvalue weighted by Gasteiger charge is 2.27. The first-order valence-corrected chi connectivity index (χ1v) is 7.37. The number of carbonyl (C=O) groups is 1. The number of hydrogen-bond acceptors (Lipinski definition) is 4. The smallest absolute Gasteiger partial charge is 0.202 e. The van der Waals surface area contributed by atoms with Crippen LogP contribution in [0.5, 0.6) is 0 Å². The van der Waals surface area contributed by atoms with Crippen LogP contribution in [-0.4, -0.2) is 12.4 Å². The zero-order valence-corrected chi connectivity index (χ0v) is 11.9. The van der Waals surface area contributed by atoms with Crippen LogP contribution in [0, 0.1) is 11.6 Å². The Balaban J connectivity index is 2.12. The molecule has 2 N–H and O–H groups in total. The van der Waals surface area contributed by atoms with Crippen molar-refractivity contribution in [3.05, 3.63) is 51.4 Å². The third kappa shape index (κ3) is 2.45. The minimum Gasteiger partial charge on any atom is -0.390 e. The number of benzene rings is 1. The van der Waals surface area contributed by atoms with E-state index in [-0.39, 0.29) is 10.6 Å². The van der Waals surface area contributed by atoms with Crippen molar-refractivity contribution >= 4 is 22.1 Å². The number of nitrogens with two attached hydrogens (primary N) is 1. The minimum absolute atomic E-state index is 0.226. The SMILES string of the molecule is Nc1sc2c(c1C(=O)c1c(F)cccc1F)CCCOC2. The van der Waals surface area contributed by atoms with Gasteiger partial charge in [-0.05, 0) is 30.5 Å². The van der Waals surface area contributed by atoms with Crippen LogP contribution in [0.25, 0.3) is 0 Å². The van der Waals surface area contributed by atoms with Crippen LogP contribution < -0.4 is 5.73 Å². The highest BCUT2D eigenvalue weighted by atomic mass is 32.1.